The fourth-order valence-electron chi connectivity index (χ4n) is 4.19. The van der Waals surface area contributed by atoms with Gasteiger partial charge in [-0.05, 0) is 36.2 Å². The molecule has 3 aromatic heterocycles. The molecule has 5 aromatic rings. The highest BCUT2D eigenvalue weighted by Gasteiger charge is 2.26. The molecule has 0 saturated heterocycles. The number of hydrogen-bond donors (Lipinski definition) is 0. The average molecular weight is 602 g/mol. The first kappa shape index (κ1) is 28.6. The molecule has 42 heavy (non-hydrogen) atoms. The summed E-state index contributed by atoms with van der Waals surface area (Å²) >= 11 is 0. The van der Waals surface area contributed by atoms with E-state index in [0.717, 1.165) is 27.6 Å². The van der Waals surface area contributed by atoms with Crippen LogP contribution < -0.4 is 0 Å². The number of hydrogen-bond acceptors (Lipinski definition) is 9. The van der Waals surface area contributed by atoms with Crippen molar-refractivity contribution in [3.8, 4) is 11.3 Å². The van der Waals surface area contributed by atoms with Crippen LogP contribution in [0.4, 0.5) is 5.69 Å². The Hall–Kier alpha value is -4.93. The van der Waals surface area contributed by atoms with Crippen molar-refractivity contribution in [3.63, 3.8) is 0 Å². The van der Waals surface area contributed by atoms with E-state index in [0.29, 0.717) is 5.56 Å². The van der Waals surface area contributed by atoms with Gasteiger partial charge in [0.15, 0.2) is 5.65 Å². The standard InChI is InChI=1S/C29H23N5O6S2/c1-19-9-11-22(12-10-19)42(38,39)34-17-24(27-25(30-2)16-32-29(33-27)41(3,36)37)23-13-21(15-31-28(23)34)14-26(35)40-18-20-7-5-4-6-8-20/h4-13,15-17H,14,18H2,1,3H3. The first-order valence-electron chi connectivity index (χ1n) is 12.4. The van der Waals surface area contributed by atoms with Crippen molar-refractivity contribution in [1.82, 2.24) is 18.9 Å². The molecule has 0 bridgehead atoms. The van der Waals surface area contributed by atoms with Gasteiger partial charge in [-0.15, -0.1) is 0 Å². The molecule has 5 rings (SSSR count). The number of pyridine rings is 1. The molecule has 3 heterocycles. The summed E-state index contributed by atoms with van der Waals surface area (Å²) in [5.41, 5.74) is 2.04. The van der Waals surface area contributed by atoms with E-state index in [4.69, 9.17) is 11.3 Å². The van der Waals surface area contributed by atoms with Crippen molar-refractivity contribution in [2.24, 2.45) is 0 Å². The Morgan fingerprint density at radius 1 is 0.976 bits per heavy atom. The number of aryl methyl sites for hydroxylation is 1. The summed E-state index contributed by atoms with van der Waals surface area (Å²) in [6.07, 6.45) is 4.44. The predicted molar refractivity (Wildman–Crippen MR) is 154 cm³/mol. The molecular formula is C29H23N5O6S2. The zero-order valence-corrected chi connectivity index (χ0v) is 24.1. The summed E-state index contributed by atoms with van der Waals surface area (Å²) < 4.78 is 58.2. The maximum atomic E-state index is 13.7. The molecule has 0 atom stereocenters. The number of carbonyl (C=O) groups is 1. The van der Waals surface area contributed by atoms with Gasteiger partial charge in [0, 0.05) is 35.8 Å². The molecule has 0 fully saturated rings. The van der Waals surface area contributed by atoms with E-state index in [1.165, 1.54) is 24.5 Å². The van der Waals surface area contributed by atoms with Gasteiger partial charge in [-0.1, -0.05) is 48.0 Å². The minimum atomic E-state index is -4.18. The van der Waals surface area contributed by atoms with Crippen molar-refractivity contribution in [1.29, 1.82) is 0 Å². The summed E-state index contributed by atoms with van der Waals surface area (Å²) in [7, 11) is -8.04. The highest BCUT2D eigenvalue weighted by Crippen LogP contribution is 2.37. The van der Waals surface area contributed by atoms with Crippen LogP contribution in [0, 0.1) is 13.5 Å². The molecule has 13 heteroatoms. The van der Waals surface area contributed by atoms with Crippen LogP contribution in [0.25, 0.3) is 27.1 Å². The minimum Gasteiger partial charge on any atom is -0.461 e. The third-order valence-electron chi connectivity index (χ3n) is 6.29. The second kappa shape index (κ2) is 11.2. The molecule has 0 unspecified atom stereocenters. The van der Waals surface area contributed by atoms with Crippen molar-refractivity contribution in [2.75, 3.05) is 6.26 Å². The molecule has 0 aliphatic rings. The second-order valence-corrected chi connectivity index (χ2v) is 13.2. The van der Waals surface area contributed by atoms with Crippen LogP contribution in [0.1, 0.15) is 16.7 Å². The van der Waals surface area contributed by atoms with Gasteiger partial charge in [-0.3, -0.25) is 4.79 Å². The first-order chi connectivity index (χ1) is 20.0. The molecule has 2 aromatic carbocycles. The average Bonchev–Trinajstić information content (AvgIpc) is 3.35. The Bertz CT molecular complexity index is 2080. The van der Waals surface area contributed by atoms with E-state index >= 15 is 0 Å². The molecule has 0 N–H and O–H groups in total. The van der Waals surface area contributed by atoms with Crippen LogP contribution in [0.5, 0.6) is 0 Å². The summed E-state index contributed by atoms with van der Waals surface area (Å²) in [6.45, 7) is 9.50. The highest BCUT2D eigenvalue weighted by molar-refractivity contribution is 7.90. The SMILES string of the molecule is [C-]#[N+]c1cnc(S(C)(=O)=O)nc1-c1cn(S(=O)(=O)c2ccc(C)cc2)c2ncc(CC(=O)OCc3ccccc3)cc12. The molecule has 11 nitrogen and oxygen atoms in total. The summed E-state index contributed by atoms with van der Waals surface area (Å²) in [5.74, 6) is -0.531. The Balaban J connectivity index is 1.64. The van der Waals surface area contributed by atoms with E-state index < -0.39 is 31.0 Å². The van der Waals surface area contributed by atoms with E-state index in [2.05, 4.69) is 19.8 Å². The number of rotatable bonds is 8. The van der Waals surface area contributed by atoms with Crippen molar-refractivity contribution in [2.45, 2.75) is 30.0 Å². The molecule has 0 radical (unpaired) electrons. The van der Waals surface area contributed by atoms with Crippen LogP contribution in [-0.2, 0) is 42.4 Å². The lowest BCUT2D eigenvalue weighted by atomic mass is 10.1. The van der Waals surface area contributed by atoms with Gasteiger partial charge < -0.3 is 4.74 Å². The van der Waals surface area contributed by atoms with Crippen LogP contribution in [0.2, 0.25) is 0 Å². The number of nitrogens with zero attached hydrogens (tertiary/aromatic N) is 5. The molecule has 0 spiro atoms. The second-order valence-electron chi connectivity index (χ2n) is 9.46. The number of carbonyl (C=O) groups excluding carboxylic acids is 1. The number of esters is 1. The highest BCUT2D eigenvalue weighted by atomic mass is 32.2. The Kier molecular flexibility index (Phi) is 7.59. The fourth-order valence-corrected chi connectivity index (χ4v) is 6.01. The zero-order valence-electron chi connectivity index (χ0n) is 22.4. The Morgan fingerprint density at radius 3 is 2.36 bits per heavy atom. The van der Waals surface area contributed by atoms with Gasteiger partial charge in [-0.2, -0.15) is 0 Å². The first-order valence-corrected chi connectivity index (χ1v) is 15.8. The molecule has 0 saturated carbocycles. The molecule has 0 aliphatic carbocycles. The Labute approximate surface area is 242 Å². The normalized spacial score (nSPS) is 11.7. The minimum absolute atomic E-state index is 0.00225. The zero-order chi connectivity index (χ0) is 30.1. The third kappa shape index (κ3) is 5.76. The monoisotopic (exact) mass is 601 g/mol. The lowest BCUT2D eigenvalue weighted by Crippen LogP contribution is -2.13. The van der Waals surface area contributed by atoms with Crippen LogP contribution >= 0.6 is 0 Å². The maximum absolute atomic E-state index is 13.7. The van der Waals surface area contributed by atoms with Crippen LogP contribution in [0.3, 0.4) is 0 Å². The van der Waals surface area contributed by atoms with E-state index in [9.17, 15) is 21.6 Å². The fraction of sp³-hybridized carbons (Fsp3) is 0.138. The summed E-state index contributed by atoms with van der Waals surface area (Å²) in [4.78, 5) is 28.3. The van der Waals surface area contributed by atoms with Gasteiger partial charge in [0.2, 0.25) is 20.7 Å². The lowest BCUT2D eigenvalue weighted by molar-refractivity contribution is -0.144. The number of sulfone groups is 1. The van der Waals surface area contributed by atoms with E-state index in [1.54, 1.807) is 18.2 Å². The molecular weight excluding hydrogens is 578 g/mol. The number of benzene rings is 2. The topological polar surface area (TPSA) is 143 Å². The quantitative estimate of drug-likeness (QED) is 0.145. The molecule has 0 aliphatic heterocycles. The lowest BCUT2D eigenvalue weighted by Gasteiger charge is -2.08. The van der Waals surface area contributed by atoms with Gasteiger partial charge in [0.1, 0.15) is 6.61 Å². The van der Waals surface area contributed by atoms with Crippen molar-refractivity contribution >= 4 is 42.6 Å². The van der Waals surface area contributed by atoms with Crippen molar-refractivity contribution < 1.29 is 26.4 Å². The summed E-state index contributed by atoms with van der Waals surface area (Å²) in [5, 5.41) is -0.289. The molecule has 212 valence electrons. The largest absolute Gasteiger partial charge is 0.461 e. The van der Waals surface area contributed by atoms with Crippen molar-refractivity contribution in [3.05, 3.63) is 107 Å². The maximum Gasteiger partial charge on any atom is 0.310 e. The summed E-state index contributed by atoms with van der Waals surface area (Å²) in [6, 6.07) is 17.0. The van der Waals surface area contributed by atoms with E-state index in [1.807, 2.05) is 37.3 Å². The van der Waals surface area contributed by atoms with Crippen LogP contribution in [-0.4, -0.2) is 48.0 Å². The van der Waals surface area contributed by atoms with E-state index in [-0.39, 0.29) is 45.9 Å². The van der Waals surface area contributed by atoms with Gasteiger partial charge in [0.25, 0.3) is 10.0 Å². The smallest absolute Gasteiger partial charge is 0.310 e. The predicted octanol–water partition coefficient (Wildman–Crippen LogP) is 4.28. The number of ether oxygens (including phenoxy) is 1. The third-order valence-corrected chi connectivity index (χ3v) is 8.82. The Morgan fingerprint density at radius 2 is 1.69 bits per heavy atom. The molecule has 0 amide bonds. The van der Waals surface area contributed by atoms with Crippen LogP contribution in [0.15, 0.2) is 89.3 Å². The number of fused-ring (bicyclic) bond motifs is 1. The number of aromatic nitrogens is 4. The van der Waals surface area contributed by atoms with Gasteiger partial charge >= 0.3 is 5.97 Å². The van der Waals surface area contributed by atoms with Gasteiger partial charge in [0.05, 0.1) is 23.6 Å². The van der Waals surface area contributed by atoms with Gasteiger partial charge in [-0.25, -0.2) is 40.6 Å².